The number of nitrogens with zero attached hydrogens (tertiary/aromatic N) is 2. The van der Waals surface area contributed by atoms with Crippen molar-refractivity contribution in [3.63, 3.8) is 0 Å². The highest BCUT2D eigenvalue weighted by atomic mass is 15.3. The molecule has 1 unspecified atom stereocenters. The third-order valence-electron chi connectivity index (χ3n) is 6.75. The van der Waals surface area contributed by atoms with Crippen LogP contribution in [0.1, 0.15) is 34.3 Å². The van der Waals surface area contributed by atoms with E-state index in [-0.39, 0.29) is 6.04 Å². The lowest BCUT2D eigenvalue weighted by molar-refractivity contribution is 0.225. The van der Waals surface area contributed by atoms with Crippen LogP contribution in [0.4, 0.5) is 0 Å². The molecule has 0 saturated carbocycles. The normalized spacial score (nSPS) is 21.1. The van der Waals surface area contributed by atoms with Crippen LogP contribution in [-0.4, -0.2) is 22.9 Å². The molecule has 3 aromatic carbocycles. The third kappa shape index (κ3) is 3.29. The number of allylic oxidation sites excluding steroid dienone is 4. The quantitative estimate of drug-likeness (QED) is 0.474. The van der Waals surface area contributed by atoms with Crippen molar-refractivity contribution in [3.8, 4) is 0 Å². The smallest absolute Gasteiger partial charge is 0.0740 e. The summed E-state index contributed by atoms with van der Waals surface area (Å²) in [5.41, 5.74) is 8.02. The topological polar surface area (TPSA) is 6.48 Å². The molecule has 0 radical (unpaired) electrons. The van der Waals surface area contributed by atoms with Crippen molar-refractivity contribution in [1.29, 1.82) is 0 Å². The number of hydrogen-bond acceptors (Lipinski definition) is 2. The number of hydrogen-bond donors (Lipinski definition) is 0. The van der Waals surface area contributed by atoms with E-state index in [0.29, 0.717) is 6.04 Å². The highest BCUT2D eigenvalue weighted by molar-refractivity contribution is 5.76. The van der Waals surface area contributed by atoms with Crippen molar-refractivity contribution in [2.45, 2.75) is 12.1 Å². The van der Waals surface area contributed by atoms with E-state index in [9.17, 15) is 0 Å². The summed E-state index contributed by atoms with van der Waals surface area (Å²) in [6, 6.07) is 31.0. The van der Waals surface area contributed by atoms with Gasteiger partial charge in [0.05, 0.1) is 12.1 Å². The van der Waals surface area contributed by atoms with Crippen molar-refractivity contribution in [1.82, 2.24) is 9.80 Å². The Hall–Kier alpha value is -3.78. The van der Waals surface area contributed by atoms with Gasteiger partial charge < -0.3 is 9.80 Å². The Morgan fingerprint density at radius 2 is 1.44 bits per heavy atom. The molecule has 3 aliphatic heterocycles. The maximum Gasteiger partial charge on any atom is 0.0740 e. The second-order valence-corrected chi connectivity index (χ2v) is 8.59. The molecule has 0 spiro atoms. The summed E-state index contributed by atoms with van der Waals surface area (Å²) < 4.78 is 0. The zero-order valence-corrected chi connectivity index (χ0v) is 18.0. The Morgan fingerprint density at radius 1 is 0.750 bits per heavy atom. The average molecular weight is 415 g/mol. The Balaban J connectivity index is 1.34. The van der Waals surface area contributed by atoms with Crippen molar-refractivity contribution < 1.29 is 0 Å². The molecular formula is C30H26N2. The standard InChI is InChI=1S/C30H26N2/c1-3-11-23(12-4-1)25-18-20-32-29(21-25)26-15-7-8-16-27(26)30(32)22-31-19-10-9-17-28(31)24-13-5-2-6-14-24/h1-18,20-21,29-30H,19,22H2/t29?,30-/m1/s1. The van der Waals surface area contributed by atoms with Gasteiger partial charge in [-0.15, -0.1) is 0 Å². The summed E-state index contributed by atoms with van der Waals surface area (Å²) in [4.78, 5) is 5.06. The molecule has 3 aliphatic rings. The van der Waals surface area contributed by atoms with Gasteiger partial charge in [0.2, 0.25) is 0 Å². The lowest BCUT2D eigenvalue weighted by atomic mass is 9.97. The monoisotopic (exact) mass is 414 g/mol. The first kappa shape index (κ1) is 18.9. The van der Waals surface area contributed by atoms with Gasteiger partial charge in [0, 0.05) is 25.0 Å². The highest BCUT2D eigenvalue weighted by Crippen LogP contribution is 2.47. The lowest BCUT2D eigenvalue weighted by Crippen LogP contribution is -2.34. The summed E-state index contributed by atoms with van der Waals surface area (Å²) >= 11 is 0. The fraction of sp³-hybridized carbons (Fsp3) is 0.133. The van der Waals surface area contributed by atoms with Crippen LogP contribution in [0.2, 0.25) is 0 Å². The van der Waals surface area contributed by atoms with Crippen molar-refractivity contribution in [3.05, 3.63) is 144 Å². The van der Waals surface area contributed by atoms with Gasteiger partial charge in [-0.05, 0) is 46.1 Å². The maximum absolute atomic E-state index is 2.54. The van der Waals surface area contributed by atoms with Gasteiger partial charge in [-0.2, -0.15) is 0 Å². The molecule has 3 aromatic rings. The second kappa shape index (κ2) is 8.05. The molecule has 0 N–H and O–H groups in total. The van der Waals surface area contributed by atoms with E-state index in [1.54, 1.807) is 0 Å². The van der Waals surface area contributed by atoms with E-state index < -0.39 is 0 Å². The van der Waals surface area contributed by atoms with Crippen LogP contribution < -0.4 is 0 Å². The Bertz CT molecular complexity index is 1230. The maximum atomic E-state index is 2.54. The number of rotatable bonds is 4. The van der Waals surface area contributed by atoms with Crippen LogP contribution in [0.25, 0.3) is 11.3 Å². The Labute approximate surface area is 190 Å². The molecule has 156 valence electrons. The first-order valence-electron chi connectivity index (χ1n) is 11.4. The number of benzene rings is 3. The van der Waals surface area contributed by atoms with E-state index in [2.05, 4.69) is 131 Å². The summed E-state index contributed by atoms with van der Waals surface area (Å²) in [6.45, 7) is 1.89. The Kier molecular flexibility index (Phi) is 4.77. The van der Waals surface area contributed by atoms with Gasteiger partial charge >= 0.3 is 0 Å². The zero-order valence-electron chi connectivity index (χ0n) is 18.0. The molecule has 2 nitrogen and oxygen atoms in total. The van der Waals surface area contributed by atoms with E-state index in [1.807, 2.05) is 0 Å². The van der Waals surface area contributed by atoms with E-state index >= 15 is 0 Å². The molecule has 0 saturated heterocycles. The van der Waals surface area contributed by atoms with Gasteiger partial charge in [0.1, 0.15) is 0 Å². The molecule has 3 heterocycles. The minimum atomic E-state index is 0.279. The molecule has 0 aromatic heterocycles. The molecule has 0 amide bonds. The summed E-state index contributed by atoms with van der Waals surface area (Å²) in [6.07, 6.45) is 13.7. The highest BCUT2D eigenvalue weighted by Gasteiger charge is 2.38. The fourth-order valence-electron chi connectivity index (χ4n) is 5.20. The van der Waals surface area contributed by atoms with Gasteiger partial charge in [-0.3, -0.25) is 0 Å². The average Bonchev–Trinajstić information content (AvgIpc) is 3.18. The van der Waals surface area contributed by atoms with Crippen molar-refractivity contribution in [2.24, 2.45) is 0 Å². The van der Waals surface area contributed by atoms with Gasteiger partial charge in [-0.1, -0.05) is 97.1 Å². The summed E-state index contributed by atoms with van der Waals surface area (Å²) in [7, 11) is 0. The number of fused-ring (bicyclic) bond motifs is 3. The van der Waals surface area contributed by atoms with E-state index in [4.69, 9.17) is 0 Å². The van der Waals surface area contributed by atoms with Crippen molar-refractivity contribution in [2.75, 3.05) is 13.1 Å². The minimum Gasteiger partial charge on any atom is -0.365 e. The summed E-state index contributed by atoms with van der Waals surface area (Å²) in [5.74, 6) is 0. The molecule has 0 bridgehead atoms. The van der Waals surface area contributed by atoms with E-state index in [0.717, 1.165) is 13.1 Å². The Morgan fingerprint density at radius 3 is 2.22 bits per heavy atom. The van der Waals surface area contributed by atoms with Gasteiger partial charge in [0.15, 0.2) is 0 Å². The van der Waals surface area contributed by atoms with Crippen molar-refractivity contribution >= 4 is 11.3 Å². The largest absolute Gasteiger partial charge is 0.365 e. The first-order chi connectivity index (χ1) is 15.9. The molecule has 2 atom stereocenters. The molecule has 32 heavy (non-hydrogen) atoms. The molecular weight excluding hydrogens is 388 g/mol. The predicted octanol–water partition coefficient (Wildman–Crippen LogP) is 6.61. The predicted molar refractivity (Wildman–Crippen MR) is 132 cm³/mol. The molecule has 2 heteroatoms. The molecule has 0 aliphatic carbocycles. The zero-order chi connectivity index (χ0) is 21.3. The minimum absolute atomic E-state index is 0.279. The van der Waals surface area contributed by atoms with E-state index in [1.165, 1.54) is 33.5 Å². The van der Waals surface area contributed by atoms with Crippen LogP contribution in [0.15, 0.2) is 122 Å². The van der Waals surface area contributed by atoms with Gasteiger partial charge in [0.25, 0.3) is 0 Å². The van der Waals surface area contributed by atoms with Crippen LogP contribution in [-0.2, 0) is 0 Å². The van der Waals surface area contributed by atoms with Crippen LogP contribution in [0.5, 0.6) is 0 Å². The fourth-order valence-corrected chi connectivity index (χ4v) is 5.20. The molecule has 6 rings (SSSR count). The third-order valence-corrected chi connectivity index (χ3v) is 6.75. The lowest BCUT2D eigenvalue weighted by Gasteiger charge is -2.37. The van der Waals surface area contributed by atoms with Crippen LogP contribution >= 0.6 is 0 Å². The van der Waals surface area contributed by atoms with Crippen LogP contribution in [0, 0.1) is 0 Å². The van der Waals surface area contributed by atoms with Crippen LogP contribution in [0.3, 0.4) is 0 Å². The summed E-state index contributed by atoms with van der Waals surface area (Å²) in [5, 5.41) is 0. The van der Waals surface area contributed by atoms with Gasteiger partial charge in [-0.25, -0.2) is 0 Å². The molecule has 0 fully saturated rings. The first-order valence-corrected chi connectivity index (χ1v) is 11.4. The SMILES string of the molecule is C1=CCN(C[C@@H]2c3ccccc3C3C=C(c4ccccc4)C=CN32)C(c2ccccc2)=C1. The second-order valence-electron chi connectivity index (χ2n) is 8.59.